The van der Waals surface area contributed by atoms with Crippen LogP contribution in [0.4, 0.5) is 0 Å². The molecule has 2 amide bonds. The third kappa shape index (κ3) is 5.92. The van der Waals surface area contributed by atoms with Crippen LogP contribution in [-0.2, 0) is 17.6 Å². The molecule has 0 saturated heterocycles. The summed E-state index contributed by atoms with van der Waals surface area (Å²) < 4.78 is 5.89. The highest BCUT2D eigenvalue weighted by Gasteiger charge is 2.33. The van der Waals surface area contributed by atoms with E-state index in [0.717, 1.165) is 28.8 Å². The molecule has 0 radical (unpaired) electrons. The van der Waals surface area contributed by atoms with E-state index in [1.165, 1.54) is 5.56 Å². The Morgan fingerprint density at radius 1 is 0.974 bits per heavy atom. The molecule has 1 aliphatic heterocycles. The second-order valence-corrected chi connectivity index (χ2v) is 9.50. The van der Waals surface area contributed by atoms with Gasteiger partial charge in [0.2, 0.25) is 0 Å². The molecule has 4 aromatic rings. The van der Waals surface area contributed by atoms with E-state index in [4.69, 9.17) is 4.74 Å². The number of benzene rings is 3. The maximum atomic E-state index is 13.6. The maximum absolute atomic E-state index is 13.6. The number of fused-ring (bicyclic) bond motifs is 1. The number of pyridine rings is 1. The Morgan fingerprint density at radius 2 is 1.82 bits per heavy atom. The van der Waals surface area contributed by atoms with Crippen molar-refractivity contribution >= 4 is 11.8 Å². The van der Waals surface area contributed by atoms with Crippen LogP contribution in [0.25, 0.3) is 0 Å². The number of hydrogen-bond donors (Lipinski definition) is 1. The molecule has 1 aromatic heterocycles. The lowest BCUT2D eigenvalue weighted by atomic mass is 9.87. The third-order valence-electron chi connectivity index (χ3n) is 6.78. The van der Waals surface area contributed by atoms with Crippen LogP contribution in [-0.4, -0.2) is 41.4 Å². The summed E-state index contributed by atoms with van der Waals surface area (Å²) in [6.45, 7) is 3.10. The molecule has 192 valence electrons. The summed E-state index contributed by atoms with van der Waals surface area (Å²) in [4.78, 5) is 32.2. The highest BCUT2D eigenvalue weighted by atomic mass is 16.5. The molecule has 6 heteroatoms. The lowest BCUT2D eigenvalue weighted by Crippen LogP contribution is -2.40. The zero-order chi connectivity index (χ0) is 26.3. The van der Waals surface area contributed by atoms with Crippen LogP contribution < -0.4 is 10.1 Å². The normalized spacial score (nSPS) is 14.4. The molecule has 2 heterocycles. The molecule has 0 spiro atoms. The van der Waals surface area contributed by atoms with Crippen LogP contribution >= 0.6 is 0 Å². The summed E-state index contributed by atoms with van der Waals surface area (Å²) in [5, 5.41) is 2.89. The second kappa shape index (κ2) is 11.7. The van der Waals surface area contributed by atoms with Crippen molar-refractivity contribution in [3.63, 3.8) is 0 Å². The first-order valence-corrected chi connectivity index (χ1v) is 12.9. The van der Waals surface area contributed by atoms with Gasteiger partial charge in [-0.1, -0.05) is 60.2 Å². The van der Waals surface area contributed by atoms with E-state index in [0.29, 0.717) is 30.8 Å². The van der Waals surface area contributed by atoms with Crippen LogP contribution in [0.1, 0.15) is 44.3 Å². The molecule has 1 atom stereocenters. The minimum absolute atomic E-state index is 0.00126. The molecule has 0 aliphatic carbocycles. The molecule has 0 saturated carbocycles. The van der Waals surface area contributed by atoms with Crippen LogP contribution in [0, 0.1) is 6.92 Å². The predicted octanol–water partition coefficient (Wildman–Crippen LogP) is 4.92. The topological polar surface area (TPSA) is 71.5 Å². The van der Waals surface area contributed by atoms with Crippen LogP contribution in [0.5, 0.6) is 5.75 Å². The van der Waals surface area contributed by atoms with Gasteiger partial charge in [0.05, 0.1) is 6.04 Å². The number of carbonyl (C=O) groups excluding carboxylic acids is 2. The molecule has 0 fully saturated rings. The number of nitrogens with zero attached hydrogens (tertiary/aromatic N) is 2. The highest BCUT2D eigenvalue weighted by Crippen LogP contribution is 2.38. The van der Waals surface area contributed by atoms with E-state index in [1.54, 1.807) is 6.20 Å². The first-order valence-electron chi connectivity index (χ1n) is 12.9. The van der Waals surface area contributed by atoms with Gasteiger partial charge in [0.25, 0.3) is 11.8 Å². The minimum Gasteiger partial charge on any atom is -0.484 e. The Hall–Kier alpha value is -4.45. The first-order chi connectivity index (χ1) is 18.6. The summed E-state index contributed by atoms with van der Waals surface area (Å²) in [5.74, 6) is 0.423. The van der Waals surface area contributed by atoms with Crippen LogP contribution in [0.2, 0.25) is 0 Å². The van der Waals surface area contributed by atoms with Crippen molar-refractivity contribution in [1.29, 1.82) is 0 Å². The van der Waals surface area contributed by atoms with Gasteiger partial charge in [-0.05, 0) is 66.4 Å². The summed E-state index contributed by atoms with van der Waals surface area (Å²) in [7, 11) is 0. The SMILES string of the molecule is Cc1cccc(C2c3cc(OCC(=O)NCCc4ccccn4)ccc3CCN2C(=O)c2ccccc2)c1. The number of ether oxygens (including phenoxy) is 1. The van der Waals surface area contributed by atoms with Crippen molar-refractivity contribution in [3.05, 3.63) is 131 Å². The molecule has 1 N–H and O–H groups in total. The summed E-state index contributed by atoms with van der Waals surface area (Å²) in [6.07, 6.45) is 3.16. The van der Waals surface area contributed by atoms with E-state index in [9.17, 15) is 9.59 Å². The van der Waals surface area contributed by atoms with E-state index >= 15 is 0 Å². The quantitative estimate of drug-likeness (QED) is 0.369. The Kier molecular flexibility index (Phi) is 7.78. The number of rotatable bonds is 8. The fourth-order valence-electron chi connectivity index (χ4n) is 4.92. The number of aryl methyl sites for hydroxylation is 1. The van der Waals surface area contributed by atoms with Gasteiger partial charge < -0.3 is 15.0 Å². The zero-order valence-electron chi connectivity index (χ0n) is 21.5. The van der Waals surface area contributed by atoms with E-state index in [2.05, 4.69) is 41.5 Å². The predicted molar refractivity (Wildman–Crippen MR) is 147 cm³/mol. The average Bonchev–Trinajstić information content (AvgIpc) is 2.96. The van der Waals surface area contributed by atoms with Crippen molar-refractivity contribution in [3.8, 4) is 5.75 Å². The Bertz CT molecular complexity index is 1410. The molecule has 1 aliphatic rings. The van der Waals surface area contributed by atoms with Crippen molar-refractivity contribution in [2.75, 3.05) is 19.7 Å². The van der Waals surface area contributed by atoms with Gasteiger partial charge in [-0.15, -0.1) is 0 Å². The molecule has 38 heavy (non-hydrogen) atoms. The number of aromatic nitrogens is 1. The van der Waals surface area contributed by atoms with Gasteiger partial charge in [0, 0.05) is 37.0 Å². The van der Waals surface area contributed by atoms with Gasteiger partial charge in [0.15, 0.2) is 6.61 Å². The Morgan fingerprint density at radius 3 is 2.61 bits per heavy atom. The first kappa shape index (κ1) is 25.2. The fourth-order valence-corrected chi connectivity index (χ4v) is 4.92. The van der Waals surface area contributed by atoms with Gasteiger partial charge in [0.1, 0.15) is 5.75 Å². The minimum atomic E-state index is -0.248. The molecule has 3 aromatic carbocycles. The molecule has 6 nitrogen and oxygen atoms in total. The van der Waals surface area contributed by atoms with Crippen molar-refractivity contribution in [1.82, 2.24) is 15.2 Å². The number of nitrogens with one attached hydrogen (secondary N) is 1. The largest absolute Gasteiger partial charge is 0.484 e. The highest BCUT2D eigenvalue weighted by molar-refractivity contribution is 5.95. The number of carbonyl (C=O) groups is 2. The van der Waals surface area contributed by atoms with Crippen LogP contribution in [0.15, 0.2) is 97.2 Å². The number of amides is 2. The average molecular weight is 506 g/mol. The molecule has 1 unspecified atom stereocenters. The fraction of sp³-hybridized carbons (Fsp3) is 0.219. The summed E-state index contributed by atoms with van der Waals surface area (Å²) >= 11 is 0. The zero-order valence-corrected chi connectivity index (χ0v) is 21.5. The van der Waals surface area contributed by atoms with Crippen molar-refractivity contribution in [2.24, 2.45) is 0 Å². The smallest absolute Gasteiger partial charge is 0.257 e. The van der Waals surface area contributed by atoms with Gasteiger partial charge in [-0.3, -0.25) is 14.6 Å². The summed E-state index contributed by atoms with van der Waals surface area (Å²) in [5.41, 5.74) is 6.00. The van der Waals surface area contributed by atoms with Gasteiger partial charge in [-0.2, -0.15) is 0 Å². The van der Waals surface area contributed by atoms with Crippen molar-refractivity contribution in [2.45, 2.75) is 25.8 Å². The monoisotopic (exact) mass is 505 g/mol. The number of hydrogen-bond acceptors (Lipinski definition) is 4. The van der Waals surface area contributed by atoms with Gasteiger partial charge >= 0.3 is 0 Å². The van der Waals surface area contributed by atoms with E-state index < -0.39 is 0 Å². The molecule has 5 rings (SSSR count). The lowest BCUT2D eigenvalue weighted by molar-refractivity contribution is -0.123. The van der Waals surface area contributed by atoms with Crippen molar-refractivity contribution < 1.29 is 14.3 Å². The standard InChI is InChI=1S/C32H31N3O3/c1-23-8-7-11-26(20-23)31-29-21-28(38-22-30(36)34-18-15-27-12-5-6-17-33-27)14-13-24(29)16-19-35(31)32(37)25-9-3-2-4-10-25/h2-14,17,20-21,31H,15-16,18-19,22H2,1H3,(H,34,36). The Labute approximate surface area is 223 Å². The van der Waals surface area contributed by atoms with E-state index in [1.807, 2.05) is 71.6 Å². The molecule has 0 bridgehead atoms. The summed E-state index contributed by atoms with van der Waals surface area (Å²) in [6, 6.07) is 29.1. The Balaban J connectivity index is 1.34. The maximum Gasteiger partial charge on any atom is 0.257 e. The van der Waals surface area contributed by atoms with Gasteiger partial charge in [-0.25, -0.2) is 0 Å². The third-order valence-corrected chi connectivity index (χ3v) is 6.78. The molecular weight excluding hydrogens is 474 g/mol. The second-order valence-electron chi connectivity index (χ2n) is 9.50. The molecular formula is C32H31N3O3. The lowest BCUT2D eigenvalue weighted by Gasteiger charge is -2.38. The van der Waals surface area contributed by atoms with Crippen LogP contribution in [0.3, 0.4) is 0 Å². The van der Waals surface area contributed by atoms with E-state index in [-0.39, 0.29) is 24.5 Å².